The molecule has 0 amide bonds. The van der Waals surface area contributed by atoms with Crippen LogP contribution < -0.4 is 5.32 Å². The highest BCUT2D eigenvalue weighted by atomic mass is 35.5. The number of terminal acetylenes is 1. The van der Waals surface area contributed by atoms with Crippen LogP contribution in [-0.2, 0) is 0 Å². The molecule has 88 valence electrons. The van der Waals surface area contributed by atoms with E-state index < -0.39 is 0 Å². The predicted molar refractivity (Wildman–Crippen MR) is 73.4 cm³/mol. The van der Waals surface area contributed by atoms with Crippen LogP contribution in [0.5, 0.6) is 0 Å². The van der Waals surface area contributed by atoms with E-state index in [0.29, 0.717) is 4.34 Å². The fourth-order valence-corrected chi connectivity index (χ4v) is 3.19. The fraction of sp³-hybridized carbons (Fsp3) is 0.500. The van der Waals surface area contributed by atoms with Gasteiger partial charge in [-0.2, -0.15) is 0 Å². The summed E-state index contributed by atoms with van der Waals surface area (Å²) < 4.78 is 1.44. The second kappa shape index (κ2) is 6.51. The lowest BCUT2D eigenvalue weighted by atomic mass is 10.1. The van der Waals surface area contributed by atoms with E-state index in [1.807, 2.05) is 13.0 Å². The third-order valence-corrected chi connectivity index (χ3v) is 3.90. The van der Waals surface area contributed by atoms with Gasteiger partial charge in [-0.05, 0) is 25.0 Å². The van der Waals surface area contributed by atoms with E-state index in [1.165, 1.54) is 11.3 Å². The standard InChI is InChI=1S/C12H15Cl2NS/c1-4-6-9(5-2)15-8(3)10-7-11(13)16-12(10)14/h2,7-9,15H,4,6H2,1,3H3. The quantitative estimate of drug-likeness (QED) is 0.780. The molecular formula is C12H15Cl2NS. The highest BCUT2D eigenvalue weighted by Crippen LogP contribution is 2.34. The molecule has 0 radical (unpaired) electrons. The first kappa shape index (κ1) is 13.9. The normalized spacial score (nSPS) is 14.4. The van der Waals surface area contributed by atoms with Crippen molar-refractivity contribution in [2.75, 3.05) is 0 Å². The molecule has 2 unspecified atom stereocenters. The van der Waals surface area contributed by atoms with Crippen molar-refractivity contribution in [3.8, 4) is 12.3 Å². The van der Waals surface area contributed by atoms with Gasteiger partial charge in [0.2, 0.25) is 0 Å². The summed E-state index contributed by atoms with van der Waals surface area (Å²) in [5.41, 5.74) is 1.02. The monoisotopic (exact) mass is 275 g/mol. The smallest absolute Gasteiger partial charge is 0.0991 e. The second-order valence-electron chi connectivity index (χ2n) is 3.68. The van der Waals surface area contributed by atoms with Crippen molar-refractivity contribution < 1.29 is 0 Å². The molecule has 0 saturated carbocycles. The molecule has 0 aliphatic carbocycles. The van der Waals surface area contributed by atoms with Crippen LogP contribution in [0, 0.1) is 12.3 Å². The first-order valence-electron chi connectivity index (χ1n) is 5.25. The van der Waals surface area contributed by atoms with E-state index in [4.69, 9.17) is 29.6 Å². The zero-order valence-corrected chi connectivity index (χ0v) is 11.7. The van der Waals surface area contributed by atoms with Gasteiger partial charge < -0.3 is 0 Å². The Morgan fingerprint density at radius 2 is 2.25 bits per heavy atom. The van der Waals surface area contributed by atoms with Gasteiger partial charge in [0.25, 0.3) is 0 Å². The molecule has 1 nitrogen and oxygen atoms in total. The van der Waals surface area contributed by atoms with E-state index >= 15 is 0 Å². The molecule has 0 aromatic carbocycles. The third-order valence-electron chi connectivity index (χ3n) is 2.38. The van der Waals surface area contributed by atoms with Crippen molar-refractivity contribution in [3.63, 3.8) is 0 Å². The lowest BCUT2D eigenvalue weighted by molar-refractivity contribution is 0.496. The number of thiophene rings is 1. The first-order chi connectivity index (χ1) is 7.58. The van der Waals surface area contributed by atoms with E-state index in [-0.39, 0.29) is 12.1 Å². The summed E-state index contributed by atoms with van der Waals surface area (Å²) >= 11 is 13.4. The number of hydrogen-bond acceptors (Lipinski definition) is 2. The van der Waals surface area contributed by atoms with E-state index in [9.17, 15) is 0 Å². The zero-order chi connectivity index (χ0) is 12.1. The second-order valence-corrected chi connectivity index (χ2v) is 5.96. The zero-order valence-electron chi connectivity index (χ0n) is 9.39. The van der Waals surface area contributed by atoms with Gasteiger partial charge in [-0.15, -0.1) is 17.8 Å². The lowest BCUT2D eigenvalue weighted by Gasteiger charge is -2.18. The van der Waals surface area contributed by atoms with Gasteiger partial charge in [0.1, 0.15) is 0 Å². The summed E-state index contributed by atoms with van der Waals surface area (Å²) in [4.78, 5) is 0. The number of rotatable bonds is 5. The Morgan fingerprint density at radius 3 is 2.69 bits per heavy atom. The topological polar surface area (TPSA) is 12.0 Å². The minimum absolute atomic E-state index is 0.0924. The Bertz CT molecular complexity index is 381. The van der Waals surface area contributed by atoms with Crippen LogP contribution in [0.3, 0.4) is 0 Å². The summed E-state index contributed by atoms with van der Waals surface area (Å²) in [6.07, 6.45) is 7.49. The highest BCUT2D eigenvalue weighted by molar-refractivity contribution is 7.20. The summed E-state index contributed by atoms with van der Waals surface area (Å²) in [6.45, 7) is 4.16. The molecule has 0 saturated heterocycles. The maximum Gasteiger partial charge on any atom is 0.0991 e. The molecule has 0 aliphatic heterocycles. The van der Waals surface area contributed by atoms with Crippen LogP contribution in [0.1, 0.15) is 38.3 Å². The van der Waals surface area contributed by atoms with Crippen molar-refractivity contribution in [2.24, 2.45) is 0 Å². The maximum absolute atomic E-state index is 6.09. The largest absolute Gasteiger partial charge is 0.297 e. The lowest BCUT2D eigenvalue weighted by Crippen LogP contribution is -2.30. The van der Waals surface area contributed by atoms with Crippen LogP contribution >= 0.6 is 34.5 Å². The molecule has 0 spiro atoms. The van der Waals surface area contributed by atoms with E-state index in [1.54, 1.807) is 0 Å². The molecule has 4 heteroatoms. The van der Waals surface area contributed by atoms with Crippen molar-refractivity contribution in [2.45, 2.75) is 38.8 Å². The van der Waals surface area contributed by atoms with Gasteiger partial charge >= 0.3 is 0 Å². The van der Waals surface area contributed by atoms with Gasteiger partial charge in [-0.1, -0.05) is 42.5 Å². The average Bonchev–Trinajstić information content (AvgIpc) is 2.57. The van der Waals surface area contributed by atoms with E-state index in [0.717, 1.165) is 22.7 Å². The molecule has 2 atom stereocenters. The summed E-state index contributed by atoms with van der Waals surface area (Å²) in [7, 11) is 0. The van der Waals surface area contributed by atoms with Crippen LogP contribution in [0.2, 0.25) is 8.67 Å². The Hall–Kier alpha value is -0.200. The molecule has 0 bridgehead atoms. The number of hydrogen-bond donors (Lipinski definition) is 1. The Labute approximate surface area is 111 Å². The van der Waals surface area contributed by atoms with Crippen LogP contribution in [0.15, 0.2) is 6.07 Å². The molecule has 1 aromatic heterocycles. The summed E-state index contributed by atoms with van der Waals surface area (Å²) in [6, 6.07) is 2.12. The average molecular weight is 276 g/mol. The minimum Gasteiger partial charge on any atom is -0.297 e. The molecule has 1 heterocycles. The molecule has 1 aromatic rings. The highest BCUT2D eigenvalue weighted by Gasteiger charge is 2.15. The third kappa shape index (κ3) is 3.68. The summed E-state index contributed by atoms with van der Waals surface area (Å²) in [5.74, 6) is 2.75. The van der Waals surface area contributed by atoms with Crippen molar-refractivity contribution >= 4 is 34.5 Å². The predicted octanol–water partition coefficient (Wildman–Crippen LogP) is 4.51. The maximum atomic E-state index is 6.09. The van der Waals surface area contributed by atoms with Gasteiger partial charge in [0, 0.05) is 6.04 Å². The summed E-state index contributed by atoms with van der Waals surface area (Å²) in [5, 5.41) is 3.37. The number of halogens is 2. The Balaban J connectivity index is 2.68. The SMILES string of the molecule is C#CC(CCC)NC(C)c1cc(Cl)sc1Cl. The van der Waals surface area contributed by atoms with Crippen LogP contribution in [0.4, 0.5) is 0 Å². The fourth-order valence-electron chi connectivity index (χ4n) is 1.54. The van der Waals surface area contributed by atoms with Gasteiger partial charge in [0.15, 0.2) is 0 Å². The van der Waals surface area contributed by atoms with Crippen molar-refractivity contribution in [1.82, 2.24) is 5.32 Å². The Kier molecular flexibility index (Phi) is 5.64. The van der Waals surface area contributed by atoms with Crippen LogP contribution in [-0.4, -0.2) is 6.04 Å². The molecule has 0 fully saturated rings. The molecular weight excluding hydrogens is 261 g/mol. The van der Waals surface area contributed by atoms with E-state index in [2.05, 4.69) is 18.2 Å². The minimum atomic E-state index is 0.0924. The first-order valence-corrected chi connectivity index (χ1v) is 6.82. The Morgan fingerprint density at radius 1 is 1.56 bits per heavy atom. The molecule has 16 heavy (non-hydrogen) atoms. The van der Waals surface area contributed by atoms with Crippen molar-refractivity contribution in [3.05, 3.63) is 20.3 Å². The molecule has 0 aliphatic rings. The molecule has 1 N–H and O–H groups in total. The molecule has 1 rings (SSSR count). The number of nitrogens with one attached hydrogen (secondary N) is 1. The van der Waals surface area contributed by atoms with Crippen LogP contribution in [0.25, 0.3) is 0 Å². The van der Waals surface area contributed by atoms with Gasteiger partial charge in [-0.25, -0.2) is 0 Å². The van der Waals surface area contributed by atoms with Gasteiger partial charge in [0.05, 0.1) is 14.7 Å². The van der Waals surface area contributed by atoms with Gasteiger partial charge in [-0.3, -0.25) is 5.32 Å². The van der Waals surface area contributed by atoms with Crippen molar-refractivity contribution in [1.29, 1.82) is 0 Å².